The van der Waals surface area contributed by atoms with Crippen molar-refractivity contribution in [2.75, 3.05) is 0 Å². The molecule has 0 aliphatic heterocycles. The first kappa shape index (κ1) is 16.2. The molecular formula is C19H24N2OS. The van der Waals surface area contributed by atoms with Crippen molar-refractivity contribution in [3.8, 4) is 0 Å². The van der Waals surface area contributed by atoms with Gasteiger partial charge in [0, 0.05) is 4.88 Å². The number of nitrogens with zero attached hydrogens (tertiary/aromatic N) is 1. The SMILES string of the molecule is CC(C)c1ccc(CC(=O)NCc2nc3c(s2)CCCC3)cc1. The van der Waals surface area contributed by atoms with Gasteiger partial charge < -0.3 is 5.32 Å². The zero-order valence-corrected chi connectivity index (χ0v) is 14.7. The number of carbonyl (C=O) groups is 1. The van der Waals surface area contributed by atoms with Gasteiger partial charge in [-0.3, -0.25) is 4.79 Å². The molecule has 4 heteroatoms. The normalized spacial score (nSPS) is 13.9. The largest absolute Gasteiger partial charge is 0.349 e. The summed E-state index contributed by atoms with van der Waals surface area (Å²) in [7, 11) is 0. The molecule has 2 aromatic rings. The minimum absolute atomic E-state index is 0.0652. The first-order chi connectivity index (χ1) is 11.1. The molecule has 1 aromatic heterocycles. The van der Waals surface area contributed by atoms with Crippen LogP contribution < -0.4 is 5.32 Å². The number of fused-ring (bicyclic) bond motifs is 1. The van der Waals surface area contributed by atoms with Crippen molar-refractivity contribution in [2.45, 2.75) is 58.4 Å². The molecule has 23 heavy (non-hydrogen) atoms. The van der Waals surface area contributed by atoms with E-state index in [0.29, 0.717) is 18.9 Å². The molecule has 0 unspecified atom stereocenters. The van der Waals surface area contributed by atoms with Crippen molar-refractivity contribution >= 4 is 17.2 Å². The molecule has 0 atom stereocenters. The van der Waals surface area contributed by atoms with E-state index in [1.165, 1.54) is 29.0 Å². The molecule has 1 heterocycles. The smallest absolute Gasteiger partial charge is 0.224 e. The Morgan fingerprint density at radius 3 is 2.65 bits per heavy atom. The third-order valence-electron chi connectivity index (χ3n) is 4.34. The standard InChI is InChI=1S/C19H24N2OS/c1-13(2)15-9-7-14(8-10-15)11-18(22)20-12-19-21-16-5-3-4-6-17(16)23-19/h7-10,13H,3-6,11-12H2,1-2H3,(H,20,22). The van der Waals surface area contributed by atoms with Crippen molar-refractivity contribution < 1.29 is 4.79 Å². The summed E-state index contributed by atoms with van der Waals surface area (Å²) >= 11 is 1.76. The summed E-state index contributed by atoms with van der Waals surface area (Å²) in [6, 6.07) is 8.33. The van der Waals surface area contributed by atoms with Crippen LogP contribution in [0, 0.1) is 0 Å². The molecule has 1 aliphatic rings. The predicted octanol–water partition coefficient (Wildman–Crippen LogP) is 4.00. The van der Waals surface area contributed by atoms with Gasteiger partial charge >= 0.3 is 0 Å². The van der Waals surface area contributed by atoms with Gasteiger partial charge in [-0.1, -0.05) is 38.1 Å². The van der Waals surface area contributed by atoms with E-state index in [1.54, 1.807) is 11.3 Å². The monoisotopic (exact) mass is 328 g/mol. The second-order valence-electron chi connectivity index (χ2n) is 6.53. The van der Waals surface area contributed by atoms with E-state index in [4.69, 9.17) is 0 Å². The number of aryl methyl sites for hydroxylation is 2. The average molecular weight is 328 g/mol. The second kappa shape index (κ2) is 7.26. The number of rotatable bonds is 5. The lowest BCUT2D eigenvalue weighted by Gasteiger charge is -2.07. The van der Waals surface area contributed by atoms with Gasteiger partial charge in [-0.25, -0.2) is 4.98 Å². The number of carbonyl (C=O) groups excluding carboxylic acids is 1. The number of thiazole rings is 1. The van der Waals surface area contributed by atoms with Gasteiger partial charge in [0.25, 0.3) is 0 Å². The highest BCUT2D eigenvalue weighted by atomic mass is 32.1. The predicted molar refractivity (Wildman–Crippen MR) is 94.8 cm³/mol. The highest BCUT2D eigenvalue weighted by molar-refractivity contribution is 7.11. The number of nitrogens with one attached hydrogen (secondary N) is 1. The second-order valence-corrected chi connectivity index (χ2v) is 7.70. The molecule has 1 aliphatic carbocycles. The van der Waals surface area contributed by atoms with E-state index >= 15 is 0 Å². The molecule has 3 nitrogen and oxygen atoms in total. The van der Waals surface area contributed by atoms with Crippen molar-refractivity contribution in [1.29, 1.82) is 0 Å². The van der Waals surface area contributed by atoms with E-state index in [0.717, 1.165) is 23.4 Å². The van der Waals surface area contributed by atoms with Crippen LogP contribution in [0.3, 0.4) is 0 Å². The molecule has 1 aromatic carbocycles. The summed E-state index contributed by atoms with van der Waals surface area (Å²) in [6.45, 7) is 4.91. The van der Waals surface area contributed by atoms with Gasteiger partial charge in [0.15, 0.2) is 0 Å². The molecular weight excluding hydrogens is 304 g/mol. The van der Waals surface area contributed by atoms with Crippen molar-refractivity contribution in [3.05, 3.63) is 51.0 Å². The maximum absolute atomic E-state index is 12.1. The lowest BCUT2D eigenvalue weighted by Crippen LogP contribution is -2.24. The maximum atomic E-state index is 12.1. The van der Waals surface area contributed by atoms with Gasteiger partial charge in [0.2, 0.25) is 5.91 Å². The molecule has 0 bridgehead atoms. The molecule has 122 valence electrons. The Balaban J connectivity index is 1.52. The molecule has 0 saturated carbocycles. The van der Waals surface area contributed by atoms with Crippen LogP contribution >= 0.6 is 11.3 Å². The maximum Gasteiger partial charge on any atom is 0.224 e. The van der Waals surface area contributed by atoms with Crippen LogP contribution in [-0.4, -0.2) is 10.9 Å². The average Bonchev–Trinajstić information content (AvgIpc) is 2.96. The van der Waals surface area contributed by atoms with E-state index in [2.05, 4.69) is 48.4 Å². The number of hydrogen-bond donors (Lipinski definition) is 1. The van der Waals surface area contributed by atoms with Crippen LogP contribution in [0.2, 0.25) is 0 Å². The number of aromatic nitrogens is 1. The Morgan fingerprint density at radius 2 is 1.96 bits per heavy atom. The minimum Gasteiger partial charge on any atom is -0.349 e. The van der Waals surface area contributed by atoms with Crippen molar-refractivity contribution in [3.63, 3.8) is 0 Å². The molecule has 1 N–H and O–H groups in total. The van der Waals surface area contributed by atoms with Crippen molar-refractivity contribution in [1.82, 2.24) is 10.3 Å². The molecule has 0 radical (unpaired) electrons. The highest BCUT2D eigenvalue weighted by Gasteiger charge is 2.15. The van der Waals surface area contributed by atoms with Gasteiger partial charge in [0.1, 0.15) is 5.01 Å². The molecule has 1 amide bonds. The number of benzene rings is 1. The van der Waals surface area contributed by atoms with Crippen LogP contribution in [0.1, 0.15) is 59.3 Å². The minimum atomic E-state index is 0.0652. The molecule has 0 spiro atoms. The summed E-state index contributed by atoms with van der Waals surface area (Å²) in [6.07, 6.45) is 5.21. The third-order valence-corrected chi connectivity index (χ3v) is 5.50. The summed E-state index contributed by atoms with van der Waals surface area (Å²) in [5, 5.41) is 4.04. The quantitative estimate of drug-likeness (QED) is 0.901. The summed E-state index contributed by atoms with van der Waals surface area (Å²) in [5.41, 5.74) is 3.63. The zero-order valence-electron chi connectivity index (χ0n) is 13.9. The lowest BCUT2D eigenvalue weighted by atomic mass is 10.0. The van der Waals surface area contributed by atoms with Gasteiger partial charge in [-0.05, 0) is 42.7 Å². The van der Waals surface area contributed by atoms with E-state index in [1.807, 2.05) is 0 Å². The highest BCUT2D eigenvalue weighted by Crippen LogP contribution is 2.26. The van der Waals surface area contributed by atoms with Crippen LogP contribution in [0.5, 0.6) is 0 Å². The van der Waals surface area contributed by atoms with Crippen LogP contribution in [0.4, 0.5) is 0 Å². The Morgan fingerprint density at radius 1 is 1.22 bits per heavy atom. The molecule has 3 rings (SSSR count). The molecule has 0 saturated heterocycles. The fourth-order valence-electron chi connectivity index (χ4n) is 2.92. The zero-order chi connectivity index (χ0) is 16.2. The Hall–Kier alpha value is -1.68. The summed E-state index contributed by atoms with van der Waals surface area (Å²) < 4.78 is 0. The molecule has 0 fully saturated rings. The van der Waals surface area contributed by atoms with Crippen LogP contribution in [0.25, 0.3) is 0 Å². The first-order valence-electron chi connectivity index (χ1n) is 8.45. The Labute approximate surface area is 142 Å². The number of hydrogen-bond acceptors (Lipinski definition) is 3. The topological polar surface area (TPSA) is 42.0 Å². The van der Waals surface area contributed by atoms with Gasteiger partial charge in [-0.15, -0.1) is 11.3 Å². The number of amides is 1. The Bertz CT molecular complexity index is 650. The summed E-state index contributed by atoms with van der Waals surface area (Å²) in [5.74, 6) is 0.587. The first-order valence-corrected chi connectivity index (χ1v) is 9.26. The van der Waals surface area contributed by atoms with Crippen molar-refractivity contribution in [2.24, 2.45) is 0 Å². The lowest BCUT2D eigenvalue weighted by molar-refractivity contribution is -0.120. The third kappa shape index (κ3) is 4.20. The van der Waals surface area contributed by atoms with E-state index in [-0.39, 0.29) is 5.91 Å². The van der Waals surface area contributed by atoms with E-state index in [9.17, 15) is 4.79 Å². The van der Waals surface area contributed by atoms with Gasteiger partial charge in [-0.2, -0.15) is 0 Å². The van der Waals surface area contributed by atoms with Gasteiger partial charge in [0.05, 0.1) is 18.7 Å². The van der Waals surface area contributed by atoms with E-state index < -0.39 is 0 Å². The Kier molecular flexibility index (Phi) is 5.11. The van der Waals surface area contributed by atoms with Crippen LogP contribution in [-0.2, 0) is 30.6 Å². The fraction of sp³-hybridized carbons (Fsp3) is 0.474. The summed E-state index contributed by atoms with van der Waals surface area (Å²) in [4.78, 5) is 18.2. The fourth-order valence-corrected chi connectivity index (χ4v) is 4.02. The van der Waals surface area contributed by atoms with Crippen LogP contribution in [0.15, 0.2) is 24.3 Å².